The van der Waals surface area contributed by atoms with Gasteiger partial charge in [-0.3, -0.25) is 18.7 Å². The zero-order valence-electron chi connectivity index (χ0n) is 13.1. The number of amides is 1. The van der Waals surface area contributed by atoms with Gasteiger partial charge in [-0.15, -0.1) is 11.3 Å². The summed E-state index contributed by atoms with van der Waals surface area (Å²) in [5.74, 6) is -0.231. The molecule has 2 rings (SSSR count). The lowest BCUT2D eigenvalue weighted by atomic mass is 10.3. The molecule has 0 bridgehead atoms. The van der Waals surface area contributed by atoms with Crippen LogP contribution < -0.4 is 16.6 Å². The second-order valence-electron chi connectivity index (χ2n) is 5.54. The molecule has 120 valence electrons. The second kappa shape index (κ2) is 6.91. The van der Waals surface area contributed by atoms with Crippen LogP contribution in [0.4, 0.5) is 0 Å². The number of carbonyl (C=O) groups excluding carboxylic acids is 1. The van der Waals surface area contributed by atoms with Gasteiger partial charge in [-0.2, -0.15) is 0 Å². The molecule has 0 atom stereocenters. The minimum Gasteiger partial charge on any atom is -0.352 e. The fraction of sp³-hybridized carbons (Fsp3) is 0.533. The zero-order chi connectivity index (χ0) is 16.3. The van der Waals surface area contributed by atoms with E-state index in [9.17, 15) is 14.4 Å². The average Bonchev–Trinajstić information content (AvgIpc) is 2.92. The van der Waals surface area contributed by atoms with E-state index in [1.807, 2.05) is 20.8 Å². The Balaban J connectivity index is 2.52. The molecule has 0 saturated carbocycles. The van der Waals surface area contributed by atoms with Crippen LogP contribution in [-0.2, 0) is 17.9 Å². The highest BCUT2D eigenvalue weighted by Crippen LogP contribution is 2.15. The maximum absolute atomic E-state index is 12.6. The number of thiophene rings is 1. The first-order chi connectivity index (χ1) is 10.5. The van der Waals surface area contributed by atoms with Crippen LogP contribution in [0.3, 0.4) is 0 Å². The van der Waals surface area contributed by atoms with Gasteiger partial charge in [-0.1, -0.05) is 13.3 Å². The van der Waals surface area contributed by atoms with Gasteiger partial charge in [0.15, 0.2) is 0 Å². The molecule has 0 fully saturated rings. The van der Waals surface area contributed by atoms with E-state index in [0.717, 1.165) is 12.8 Å². The molecule has 1 N–H and O–H groups in total. The predicted molar refractivity (Wildman–Crippen MR) is 88.5 cm³/mol. The van der Waals surface area contributed by atoms with Crippen LogP contribution in [0.15, 0.2) is 21.0 Å². The largest absolute Gasteiger partial charge is 0.352 e. The molecule has 0 aromatic carbocycles. The van der Waals surface area contributed by atoms with E-state index in [2.05, 4.69) is 5.32 Å². The first kappa shape index (κ1) is 16.5. The third-order valence-corrected chi connectivity index (χ3v) is 4.21. The van der Waals surface area contributed by atoms with Gasteiger partial charge in [-0.25, -0.2) is 4.79 Å². The topological polar surface area (TPSA) is 73.1 Å². The summed E-state index contributed by atoms with van der Waals surface area (Å²) >= 11 is 1.30. The Morgan fingerprint density at radius 3 is 2.68 bits per heavy atom. The molecule has 2 heterocycles. The van der Waals surface area contributed by atoms with Gasteiger partial charge in [0.25, 0.3) is 5.56 Å². The van der Waals surface area contributed by atoms with Crippen molar-refractivity contribution in [3.8, 4) is 0 Å². The highest BCUT2D eigenvalue weighted by atomic mass is 32.1. The predicted octanol–water partition coefficient (Wildman–Crippen LogP) is 1.55. The minimum atomic E-state index is -0.414. The summed E-state index contributed by atoms with van der Waals surface area (Å²) in [7, 11) is 0. The zero-order valence-corrected chi connectivity index (χ0v) is 13.9. The summed E-state index contributed by atoms with van der Waals surface area (Å²) in [4.78, 5) is 37.0. The fourth-order valence-electron chi connectivity index (χ4n) is 2.31. The van der Waals surface area contributed by atoms with Crippen LogP contribution in [0.25, 0.3) is 10.2 Å². The van der Waals surface area contributed by atoms with Crippen LogP contribution in [0, 0.1) is 0 Å². The van der Waals surface area contributed by atoms with Gasteiger partial charge in [0.05, 0.1) is 5.52 Å². The van der Waals surface area contributed by atoms with Crippen molar-refractivity contribution >= 4 is 27.5 Å². The van der Waals surface area contributed by atoms with Crippen molar-refractivity contribution in [2.45, 2.75) is 52.7 Å². The Morgan fingerprint density at radius 2 is 2.05 bits per heavy atom. The molecule has 0 aliphatic carbocycles. The number of nitrogens with zero attached hydrogens (tertiary/aromatic N) is 2. The maximum Gasteiger partial charge on any atom is 0.332 e. The molecular formula is C15H21N3O3S. The molecular weight excluding hydrogens is 302 g/mol. The first-order valence-electron chi connectivity index (χ1n) is 7.46. The lowest BCUT2D eigenvalue weighted by Crippen LogP contribution is -2.43. The summed E-state index contributed by atoms with van der Waals surface area (Å²) in [5, 5.41) is 4.54. The van der Waals surface area contributed by atoms with Gasteiger partial charge in [0, 0.05) is 12.6 Å². The molecule has 2 aromatic rings. The molecule has 2 aromatic heterocycles. The first-order valence-corrected chi connectivity index (χ1v) is 8.33. The highest BCUT2D eigenvalue weighted by Gasteiger charge is 2.16. The fourth-order valence-corrected chi connectivity index (χ4v) is 3.15. The van der Waals surface area contributed by atoms with Crippen molar-refractivity contribution in [1.29, 1.82) is 0 Å². The molecule has 0 radical (unpaired) electrons. The number of rotatable bonds is 6. The quantitative estimate of drug-likeness (QED) is 0.876. The van der Waals surface area contributed by atoms with Crippen LogP contribution >= 0.6 is 11.3 Å². The van der Waals surface area contributed by atoms with Crippen molar-refractivity contribution < 1.29 is 4.79 Å². The van der Waals surface area contributed by atoms with Gasteiger partial charge in [0.2, 0.25) is 5.91 Å². The lowest BCUT2D eigenvalue weighted by molar-refractivity contribution is -0.122. The minimum absolute atomic E-state index is 0.00663. The molecule has 22 heavy (non-hydrogen) atoms. The van der Waals surface area contributed by atoms with Crippen molar-refractivity contribution in [2.75, 3.05) is 0 Å². The molecule has 0 spiro atoms. The number of unbranched alkanes of at least 4 members (excludes halogenated alkanes) is 1. The monoisotopic (exact) mass is 323 g/mol. The van der Waals surface area contributed by atoms with Crippen molar-refractivity contribution in [3.63, 3.8) is 0 Å². The highest BCUT2D eigenvalue weighted by molar-refractivity contribution is 7.17. The Bertz CT molecular complexity index is 785. The standard InChI is InChI=1S/C15H21N3O3S/c1-4-5-7-17-14(20)13-11(6-8-22-13)18(15(17)21)9-12(19)16-10(2)3/h6,8,10H,4-5,7,9H2,1-3H3,(H,16,19). The summed E-state index contributed by atoms with van der Waals surface area (Å²) in [6.07, 6.45) is 1.65. The van der Waals surface area contributed by atoms with E-state index in [1.54, 1.807) is 11.4 Å². The van der Waals surface area contributed by atoms with Crippen LogP contribution in [0.5, 0.6) is 0 Å². The summed E-state index contributed by atoms with van der Waals surface area (Å²) in [6, 6.07) is 1.72. The normalized spacial score (nSPS) is 11.3. The van der Waals surface area contributed by atoms with E-state index in [0.29, 0.717) is 16.8 Å². The molecule has 0 saturated heterocycles. The van der Waals surface area contributed by atoms with E-state index in [4.69, 9.17) is 0 Å². The third-order valence-electron chi connectivity index (χ3n) is 3.32. The van der Waals surface area contributed by atoms with Gasteiger partial charge >= 0.3 is 5.69 Å². The summed E-state index contributed by atoms with van der Waals surface area (Å²) in [5.41, 5.74) is -0.140. The van der Waals surface area contributed by atoms with E-state index >= 15 is 0 Å². The van der Waals surface area contributed by atoms with Gasteiger partial charge in [-0.05, 0) is 31.7 Å². The van der Waals surface area contributed by atoms with Crippen molar-refractivity contribution in [1.82, 2.24) is 14.5 Å². The molecule has 7 heteroatoms. The van der Waals surface area contributed by atoms with E-state index in [-0.39, 0.29) is 24.1 Å². The maximum atomic E-state index is 12.6. The second-order valence-corrected chi connectivity index (χ2v) is 6.45. The number of hydrogen-bond donors (Lipinski definition) is 1. The summed E-state index contributed by atoms with van der Waals surface area (Å²) < 4.78 is 3.15. The number of fused-ring (bicyclic) bond motifs is 1. The van der Waals surface area contributed by atoms with Gasteiger partial charge in [0.1, 0.15) is 11.2 Å². The van der Waals surface area contributed by atoms with Crippen LogP contribution in [-0.4, -0.2) is 21.1 Å². The average molecular weight is 323 g/mol. The number of hydrogen-bond acceptors (Lipinski definition) is 4. The number of nitrogens with one attached hydrogen (secondary N) is 1. The Hall–Kier alpha value is -1.89. The van der Waals surface area contributed by atoms with Gasteiger partial charge < -0.3 is 5.32 Å². The van der Waals surface area contributed by atoms with Crippen LogP contribution in [0.1, 0.15) is 33.6 Å². The lowest BCUT2D eigenvalue weighted by Gasteiger charge is -2.13. The van der Waals surface area contributed by atoms with E-state index in [1.165, 1.54) is 20.5 Å². The van der Waals surface area contributed by atoms with Crippen LogP contribution in [0.2, 0.25) is 0 Å². The smallest absolute Gasteiger partial charge is 0.332 e. The molecule has 0 unspecified atom stereocenters. The third kappa shape index (κ3) is 3.30. The Kier molecular flexibility index (Phi) is 5.18. The van der Waals surface area contributed by atoms with Crippen molar-refractivity contribution in [3.05, 3.63) is 32.3 Å². The molecule has 0 aliphatic heterocycles. The SMILES string of the molecule is CCCCn1c(=O)c2sccc2n(CC(=O)NC(C)C)c1=O. The molecule has 6 nitrogen and oxygen atoms in total. The van der Waals surface area contributed by atoms with Crippen molar-refractivity contribution in [2.24, 2.45) is 0 Å². The van der Waals surface area contributed by atoms with E-state index < -0.39 is 5.69 Å². The summed E-state index contributed by atoms with van der Waals surface area (Å²) in [6.45, 7) is 6.04. The molecule has 1 amide bonds. The number of aromatic nitrogens is 2. The number of carbonyl (C=O) groups is 1. The Morgan fingerprint density at radius 1 is 1.32 bits per heavy atom. The Labute approximate surface area is 132 Å². The molecule has 0 aliphatic rings.